The monoisotopic (exact) mass is 242 g/mol. The highest BCUT2D eigenvalue weighted by atomic mass is 16.4. The van der Waals surface area contributed by atoms with Gasteiger partial charge in [-0.05, 0) is 18.3 Å². The van der Waals surface area contributed by atoms with Crippen molar-refractivity contribution in [1.82, 2.24) is 10.2 Å². The van der Waals surface area contributed by atoms with Crippen LogP contribution in [0.3, 0.4) is 0 Å². The minimum atomic E-state index is -0.809. The van der Waals surface area contributed by atoms with Crippen LogP contribution in [-0.2, 0) is 4.79 Å². The number of amides is 2. The van der Waals surface area contributed by atoms with E-state index in [4.69, 9.17) is 5.11 Å². The van der Waals surface area contributed by atoms with Crippen molar-refractivity contribution in [2.24, 2.45) is 17.8 Å². The molecule has 1 aliphatic heterocycles. The highest BCUT2D eigenvalue weighted by Gasteiger charge is 2.30. The summed E-state index contributed by atoms with van der Waals surface area (Å²) < 4.78 is 0. The van der Waals surface area contributed by atoms with Crippen LogP contribution in [0.15, 0.2) is 0 Å². The number of urea groups is 1. The molecule has 1 fully saturated rings. The number of aliphatic carboxylic acids is 1. The summed E-state index contributed by atoms with van der Waals surface area (Å²) >= 11 is 0. The van der Waals surface area contributed by atoms with Crippen LogP contribution in [0.2, 0.25) is 0 Å². The Bertz CT molecular complexity index is 291. The Hall–Kier alpha value is -1.26. The number of hydrogen-bond donors (Lipinski definition) is 2. The summed E-state index contributed by atoms with van der Waals surface area (Å²) in [5, 5.41) is 11.7. The summed E-state index contributed by atoms with van der Waals surface area (Å²) in [6.45, 7) is 7.84. The standard InChI is InChI=1S/C12H22N2O3/c1-8(2)9(3)6-13-12(17)14-5-4-10(7-14)11(15)16/h8-10H,4-7H2,1-3H3,(H,13,17)(H,15,16). The third-order valence-corrected chi connectivity index (χ3v) is 3.54. The van der Waals surface area contributed by atoms with Gasteiger partial charge in [0.15, 0.2) is 0 Å². The average molecular weight is 242 g/mol. The third kappa shape index (κ3) is 3.91. The van der Waals surface area contributed by atoms with Crippen molar-refractivity contribution in [3.8, 4) is 0 Å². The lowest BCUT2D eigenvalue weighted by molar-refractivity contribution is -0.141. The molecular formula is C12H22N2O3. The van der Waals surface area contributed by atoms with E-state index in [1.807, 2.05) is 0 Å². The Balaban J connectivity index is 2.32. The Kier molecular flexibility index (Phi) is 4.78. The normalized spacial score (nSPS) is 21.6. The van der Waals surface area contributed by atoms with Crippen LogP contribution in [0.4, 0.5) is 4.79 Å². The van der Waals surface area contributed by atoms with E-state index in [2.05, 4.69) is 26.1 Å². The molecule has 1 saturated heterocycles. The maximum Gasteiger partial charge on any atom is 0.317 e. The molecule has 2 atom stereocenters. The van der Waals surface area contributed by atoms with Crippen LogP contribution in [0, 0.1) is 17.8 Å². The number of rotatable bonds is 4. The molecule has 0 saturated carbocycles. The predicted octanol–water partition coefficient (Wildman–Crippen LogP) is 1.39. The van der Waals surface area contributed by atoms with Crippen LogP contribution in [0.5, 0.6) is 0 Å². The van der Waals surface area contributed by atoms with Crippen LogP contribution >= 0.6 is 0 Å². The lowest BCUT2D eigenvalue weighted by Gasteiger charge is -2.20. The number of carboxylic acids is 1. The Labute approximate surface area is 102 Å². The van der Waals surface area contributed by atoms with Crippen LogP contribution < -0.4 is 5.32 Å². The van der Waals surface area contributed by atoms with Crippen molar-refractivity contribution in [2.45, 2.75) is 27.2 Å². The molecule has 5 nitrogen and oxygen atoms in total. The van der Waals surface area contributed by atoms with Gasteiger partial charge < -0.3 is 15.3 Å². The number of carboxylic acid groups (broad SMARTS) is 1. The summed E-state index contributed by atoms with van der Waals surface area (Å²) in [7, 11) is 0. The minimum Gasteiger partial charge on any atom is -0.481 e. The molecule has 0 aromatic heterocycles. The zero-order valence-electron chi connectivity index (χ0n) is 10.8. The molecule has 0 spiro atoms. The highest BCUT2D eigenvalue weighted by Crippen LogP contribution is 2.16. The average Bonchev–Trinajstić information content (AvgIpc) is 2.74. The number of hydrogen-bond acceptors (Lipinski definition) is 2. The summed E-state index contributed by atoms with van der Waals surface area (Å²) in [6.07, 6.45) is 0.558. The number of nitrogens with zero attached hydrogens (tertiary/aromatic N) is 1. The predicted molar refractivity (Wildman–Crippen MR) is 64.7 cm³/mol. The zero-order valence-corrected chi connectivity index (χ0v) is 10.8. The summed E-state index contributed by atoms with van der Waals surface area (Å²) in [5.74, 6) is -0.253. The van der Waals surface area contributed by atoms with Crippen molar-refractivity contribution in [1.29, 1.82) is 0 Å². The maximum atomic E-state index is 11.8. The fraction of sp³-hybridized carbons (Fsp3) is 0.833. The van der Waals surface area contributed by atoms with Gasteiger partial charge in [-0.15, -0.1) is 0 Å². The number of likely N-dealkylation sites (tertiary alicyclic amines) is 1. The molecule has 5 heteroatoms. The molecule has 98 valence electrons. The fourth-order valence-corrected chi connectivity index (χ4v) is 1.74. The van der Waals surface area contributed by atoms with Crippen LogP contribution in [0.1, 0.15) is 27.2 Å². The molecule has 0 aromatic carbocycles. The molecule has 2 amide bonds. The molecule has 0 aromatic rings. The molecular weight excluding hydrogens is 220 g/mol. The molecule has 0 radical (unpaired) electrons. The Morgan fingerprint density at radius 2 is 2.06 bits per heavy atom. The van der Waals surface area contributed by atoms with Crippen molar-refractivity contribution in [3.63, 3.8) is 0 Å². The first-order valence-electron chi connectivity index (χ1n) is 6.17. The smallest absolute Gasteiger partial charge is 0.317 e. The maximum absolute atomic E-state index is 11.8. The van der Waals surface area contributed by atoms with Gasteiger partial charge >= 0.3 is 12.0 Å². The Morgan fingerprint density at radius 3 is 2.53 bits per heavy atom. The van der Waals surface area contributed by atoms with Gasteiger partial charge in [-0.1, -0.05) is 20.8 Å². The van der Waals surface area contributed by atoms with Crippen molar-refractivity contribution in [3.05, 3.63) is 0 Å². The van der Waals surface area contributed by atoms with E-state index < -0.39 is 11.9 Å². The SMILES string of the molecule is CC(C)C(C)CNC(=O)N1CCC(C(=O)O)C1. The number of carbonyl (C=O) groups is 2. The van der Waals surface area contributed by atoms with E-state index in [0.29, 0.717) is 37.9 Å². The molecule has 0 aliphatic carbocycles. The first kappa shape index (κ1) is 13.8. The van der Waals surface area contributed by atoms with Gasteiger partial charge in [-0.25, -0.2) is 4.79 Å². The zero-order chi connectivity index (χ0) is 13.0. The molecule has 1 heterocycles. The highest BCUT2D eigenvalue weighted by molar-refractivity contribution is 5.77. The molecule has 1 rings (SSSR count). The second-order valence-electron chi connectivity index (χ2n) is 5.18. The van der Waals surface area contributed by atoms with Gasteiger partial charge in [-0.2, -0.15) is 0 Å². The first-order valence-corrected chi connectivity index (χ1v) is 6.17. The summed E-state index contributed by atoms with van der Waals surface area (Å²) in [4.78, 5) is 24.1. The molecule has 0 bridgehead atoms. The second kappa shape index (κ2) is 5.89. The van der Waals surface area contributed by atoms with Gasteiger partial charge in [0, 0.05) is 19.6 Å². The quantitative estimate of drug-likeness (QED) is 0.782. The number of nitrogens with one attached hydrogen (secondary N) is 1. The van der Waals surface area contributed by atoms with E-state index >= 15 is 0 Å². The van der Waals surface area contributed by atoms with Gasteiger partial charge in [0.1, 0.15) is 0 Å². The molecule has 1 aliphatic rings. The van der Waals surface area contributed by atoms with E-state index in [1.54, 1.807) is 4.90 Å². The minimum absolute atomic E-state index is 0.138. The van der Waals surface area contributed by atoms with Crippen LogP contribution in [-0.4, -0.2) is 41.6 Å². The molecule has 2 N–H and O–H groups in total. The fourth-order valence-electron chi connectivity index (χ4n) is 1.74. The third-order valence-electron chi connectivity index (χ3n) is 3.54. The van der Waals surface area contributed by atoms with Gasteiger partial charge in [0.2, 0.25) is 0 Å². The van der Waals surface area contributed by atoms with Gasteiger partial charge in [0.05, 0.1) is 5.92 Å². The van der Waals surface area contributed by atoms with Crippen molar-refractivity contribution in [2.75, 3.05) is 19.6 Å². The van der Waals surface area contributed by atoms with E-state index in [9.17, 15) is 9.59 Å². The van der Waals surface area contributed by atoms with Crippen LogP contribution in [0.25, 0.3) is 0 Å². The molecule has 2 unspecified atom stereocenters. The van der Waals surface area contributed by atoms with E-state index in [1.165, 1.54) is 0 Å². The van der Waals surface area contributed by atoms with Crippen molar-refractivity contribution < 1.29 is 14.7 Å². The number of carbonyl (C=O) groups excluding carboxylic acids is 1. The first-order chi connectivity index (χ1) is 7.91. The second-order valence-corrected chi connectivity index (χ2v) is 5.18. The summed E-state index contributed by atoms with van der Waals surface area (Å²) in [5.41, 5.74) is 0. The molecule has 17 heavy (non-hydrogen) atoms. The lowest BCUT2D eigenvalue weighted by Crippen LogP contribution is -2.41. The Morgan fingerprint density at radius 1 is 1.41 bits per heavy atom. The summed E-state index contributed by atoms with van der Waals surface area (Å²) in [6, 6.07) is -0.138. The van der Waals surface area contributed by atoms with Gasteiger partial charge in [-0.3, -0.25) is 4.79 Å². The topological polar surface area (TPSA) is 69.6 Å². The van der Waals surface area contributed by atoms with Crippen molar-refractivity contribution >= 4 is 12.0 Å². The van der Waals surface area contributed by atoms with Gasteiger partial charge in [0.25, 0.3) is 0 Å². The lowest BCUT2D eigenvalue weighted by atomic mass is 9.98. The largest absolute Gasteiger partial charge is 0.481 e. The van der Waals surface area contributed by atoms with E-state index in [0.717, 1.165) is 0 Å². The van der Waals surface area contributed by atoms with E-state index in [-0.39, 0.29) is 6.03 Å².